The normalized spacial score (nSPS) is 10.0. The number of hydrogen-bond donors (Lipinski definition) is 1. The van der Waals surface area contributed by atoms with Crippen LogP contribution in [-0.4, -0.2) is 24.8 Å². The van der Waals surface area contributed by atoms with Crippen LogP contribution in [0, 0.1) is 6.92 Å². The highest BCUT2D eigenvalue weighted by Gasteiger charge is 2.12. The Labute approximate surface area is 94.8 Å². The number of aliphatic hydroxyl groups excluding tert-OH is 1. The highest BCUT2D eigenvalue weighted by atomic mass is 16.5. The van der Waals surface area contributed by atoms with E-state index in [4.69, 9.17) is 4.74 Å². The largest absolute Gasteiger partial charge is 0.494 e. The van der Waals surface area contributed by atoms with Gasteiger partial charge in [0.2, 0.25) is 0 Å². The number of methoxy groups -OCH3 is 1. The molecule has 4 nitrogen and oxygen atoms in total. The lowest BCUT2D eigenvalue weighted by Crippen LogP contribution is -2.05. The summed E-state index contributed by atoms with van der Waals surface area (Å²) in [6, 6.07) is 3.24. The molecular formula is C12H16O4. The Balaban J connectivity index is 3.22. The van der Waals surface area contributed by atoms with Gasteiger partial charge in [0.25, 0.3) is 0 Å². The molecule has 0 spiro atoms. The van der Waals surface area contributed by atoms with E-state index in [2.05, 4.69) is 4.74 Å². The number of carbonyl (C=O) groups is 1. The molecule has 0 saturated carbocycles. The van der Waals surface area contributed by atoms with Crippen molar-refractivity contribution in [2.75, 3.05) is 13.7 Å². The predicted octanol–water partition coefficient (Wildman–Crippen LogP) is 1.67. The van der Waals surface area contributed by atoms with E-state index in [0.29, 0.717) is 23.5 Å². The second-order valence-electron chi connectivity index (χ2n) is 3.34. The zero-order valence-electron chi connectivity index (χ0n) is 9.74. The van der Waals surface area contributed by atoms with Crippen molar-refractivity contribution in [1.82, 2.24) is 0 Å². The molecule has 0 saturated heterocycles. The Morgan fingerprint density at radius 1 is 1.44 bits per heavy atom. The van der Waals surface area contributed by atoms with Gasteiger partial charge in [-0.05, 0) is 37.1 Å². The average Bonchev–Trinajstić information content (AvgIpc) is 2.31. The van der Waals surface area contributed by atoms with E-state index in [9.17, 15) is 9.90 Å². The first kappa shape index (κ1) is 12.5. The third-order valence-electron chi connectivity index (χ3n) is 2.36. The van der Waals surface area contributed by atoms with Crippen molar-refractivity contribution in [1.29, 1.82) is 0 Å². The first-order valence-corrected chi connectivity index (χ1v) is 5.09. The first-order chi connectivity index (χ1) is 7.63. The maximum Gasteiger partial charge on any atom is 0.337 e. The Bertz CT molecular complexity index is 385. The van der Waals surface area contributed by atoms with Gasteiger partial charge in [0, 0.05) is 0 Å². The molecule has 1 aromatic rings. The topological polar surface area (TPSA) is 55.8 Å². The second kappa shape index (κ2) is 5.51. The van der Waals surface area contributed by atoms with Crippen LogP contribution in [0.1, 0.15) is 28.4 Å². The predicted molar refractivity (Wildman–Crippen MR) is 59.6 cm³/mol. The number of ether oxygens (including phenoxy) is 2. The highest BCUT2D eigenvalue weighted by molar-refractivity contribution is 5.90. The van der Waals surface area contributed by atoms with Gasteiger partial charge in [0.1, 0.15) is 5.75 Å². The minimum absolute atomic E-state index is 0.128. The van der Waals surface area contributed by atoms with Crippen LogP contribution >= 0.6 is 0 Å². The van der Waals surface area contributed by atoms with Gasteiger partial charge in [-0.15, -0.1) is 0 Å². The number of rotatable bonds is 4. The SMILES string of the molecule is CCOc1cc(C(=O)OC)cc(CO)c1C. The molecule has 0 aromatic heterocycles. The lowest BCUT2D eigenvalue weighted by molar-refractivity contribution is 0.0600. The molecule has 0 radical (unpaired) electrons. The second-order valence-corrected chi connectivity index (χ2v) is 3.34. The Kier molecular flexibility index (Phi) is 4.31. The van der Waals surface area contributed by atoms with Crippen molar-refractivity contribution in [3.8, 4) is 5.75 Å². The zero-order valence-corrected chi connectivity index (χ0v) is 9.74. The summed E-state index contributed by atoms with van der Waals surface area (Å²) in [5, 5.41) is 9.18. The van der Waals surface area contributed by atoms with Crippen LogP contribution in [0.2, 0.25) is 0 Å². The van der Waals surface area contributed by atoms with Crippen LogP contribution < -0.4 is 4.74 Å². The molecule has 88 valence electrons. The molecule has 16 heavy (non-hydrogen) atoms. The van der Waals surface area contributed by atoms with Crippen molar-refractivity contribution < 1.29 is 19.4 Å². The van der Waals surface area contributed by atoms with Gasteiger partial charge >= 0.3 is 5.97 Å². The monoisotopic (exact) mass is 224 g/mol. The van der Waals surface area contributed by atoms with Crippen LogP contribution in [0.4, 0.5) is 0 Å². The van der Waals surface area contributed by atoms with Crippen molar-refractivity contribution >= 4 is 5.97 Å². The first-order valence-electron chi connectivity index (χ1n) is 5.09. The molecular weight excluding hydrogens is 208 g/mol. The van der Waals surface area contributed by atoms with E-state index in [1.54, 1.807) is 12.1 Å². The Morgan fingerprint density at radius 3 is 2.62 bits per heavy atom. The van der Waals surface area contributed by atoms with Gasteiger partial charge in [-0.3, -0.25) is 0 Å². The van der Waals surface area contributed by atoms with Crippen molar-refractivity contribution in [2.45, 2.75) is 20.5 Å². The molecule has 0 aliphatic rings. The van der Waals surface area contributed by atoms with Crippen LogP contribution in [0.3, 0.4) is 0 Å². The molecule has 1 aromatic carbocycles. The summed E-state index contributed by atoms with van der Waals surface area (Å²) in [6.45, 7) is 4.09. The van der Waals surface area contributed by atoms with E-state index in [1.807, 2.05) is 13.8 Å². The molecule has 1 rings (SSSR count). The van der Waals surface area contributed by atoms with Gasteiger partial charge in [-0.25, -0.2) is 4.79 Å². The van der Waals surface area contributed by atoms with Crippen LogP contribution in [0.25, 0.3) is 0 Å². The third-order valence-corrected chi connectivity index (χ3v) is 2.36. The molecule has 0 amide bonds. The molecule has 0 unspecified atom stereocenters. The van der Waals surface area contributed by atoms with Gasteiger partial charge in [0.05, 0.1) is 25.9 Å². The molecule has 0 atom stereocenters. The Hall–Kier alpha value is -1.55. The molecule has 4 heteroatoms. The number of hydrogen-bond acceptors (Lipinski definition) is 4. The zero-order chi connectivity index (χ0) is 12.1. The summed E-state index contributed by atoms with van der Waals surface area (Å²) in [5.41, 5.74) is 1.91. The van der Waals surface area contributed by atoms with Crippen molar-refractivity contribution in [3.63, 3.8) is 0 Å². The molecule has 0 heterocycles. The van der Waals surface area contributed by atoms with Crippen LogP contribution in [0.15, 0.2) is 12.1 Å². The van der Waals surface area contributed by atoms with Crippen molar-refractivity contribution in [3.05, 3.63) is 28.8 Å². The number of esters is 1. The number of benzene rings is 1. The standard InChI is InChI=1S/C12H16O4/c1-4-16-11-6-9(12(14)15-3)5-10(7-13)8(11)2/h5-6,13H,4,7H2,1-3H3. The van der Waals surface area contributed by atoms with Gasteiger partial charge in [-0.1, -0.05) is 0 Å². The number of aliphatic hydroxyl groups is 1. The maximum atomic E-state index is 11.4. The molecule has 0 bridgehead atoms. The van der Waals surface area contributed by atoms with E-state index in [0.717, 1.165) is 5.56 Å². The maximum absolute atomic E-state index is 11.4. The van der Waals surface area contributed by atoms with E-state index < -0.39 is 5.97 Å². The van der Waals surface area contributed by atoms with Crippen LogP contribution in [-0.2, 0) is 11.3 Å². The highest BCUT2D eigenvalue weighted by Crippen LogP contribution is 2.24. The van der Waals surface area contributed by atoms with Gasteiger partial charge in [0.15, 0.2) is 0 Å². The molecule has 0 aliphatic heterocycles. The third kappa shape index (κ3) is 2.52. The van der Waals surface area contributed by atoms with E-state index in [-0.39, 0.29) is 6.61 Å². The summed E-state index contributed by atoms with van der Waals surface area (Å²) in [5.74, 6) is 0.171. The lowest BCUT2D eigenvalue weighted by atomic mass is 10.0. The lowest BCUT2D eigenvalue weighted by Gasteiger charge is -2.12. The fourth-order valence-electron chi connectivity index (χ4n) is 1.45. The van der Waals surface area contributed by atoms with E-state index in [1.165, 1.54) is 7.11 Å². The van der Waals surface area contributed by atoms with Crippen LogP contribution in [0.5, 0.6) is 5.75 Å². The molecule has 0 aliphatic carbocycles. The number of carbonyl (C=O) groups excluding carboxylic acids is 1. The average molecular weight is 224 g/mol. The fourth-order valence-corrected chi connectivity index (χ4v) is 1.45. The minimum atomic E-state index is -0.435. The molecule has 1 N–H and O–H groups in total. The molecule has 0 fully saturated rings. The van der Waals surface area contributed by atoms with Crippen molar-refractivity contribution in [2.24, 2.45) is 0 Å². The summed E-state index contributed by atoms with van der Waals surface area (Å²) in [7, 11) is 1.32. The summed E-state index contributed by atoms with van der Waals surface area (Å²) < 4.78 is 10.0. The Morgan fingerprint density at radius 2 is 2.12 bits per heavy atom. The van der Waals surface area contributed by atoms with Gasteiger partial charge < -0.3 is 14.6 Å². The quantitative estimate of drug-likeness (QED) is 0.790. The fraction of sp³-hybridized carbons (Fsp3) is 0.417. The summed E-state index contributed by atoms with van der Waals surface area (Å²) in [4.78, 5) is 11.4. The van der Waals surface area contributed by atoms with E-state index >= 15 is 0 Å². The summed E-state index contributed by atoms with van der Waals surface area (Å²) >= 11 is 0. The minimum Gasteiger partial charge on any atom is -0.494 e. The summed E-state index contributed by atoms with van der Waals surface area (Å²) in [6.07, 6.45) is 0. The van der Waals surface area contributed by atoms with Gasteiger partial charge in [-0.2, -0.15) is 0 Å². The smallest absolute Gasteiger partial charge is 0.337 e.